The second-order valence-electron chi connectivity index (χ2n) is 7.67. The van der Waals surface area contributed by atoms with E-state index in [0.717, 1.165) is 29.7 Å². The van der Waals surface area contributed by atoms with Crippen LogP contribution in [0.3, 0.4) is 0 Å². The highest BCUT2D eigenvalue weighted by Crippen LogP contribution is 2.33. The molecule has 0 amide bonds. The fraction of sp³-hybridized carbons (Fsp3) is 0.348. The molecule has 0 saturated carbocycles. The summed E-state index contributed by atoms with van der Waals surface area (Å²) in [6.45, 7) is 4.10. The normalized spacial score (nSPS) is 15.2. The van der Waals surface area contributed by atoms with Gasteiger partial charge in [-0.05, 0) is 30.3 Å². The van der Waals surface area contributed by atoms with Crippen LogP contribution < -0.4 is 21.5 Å². The second kappa shape index (κ2) is 9.68. The third kappa shape index (κ3) is 4.66. The molecule has 3 aromatic rings. The van der Waals surface area contributed by atoms with Gasteiger partial charge >= 0.3 is 0 Å². The summed E-state index contributed by atoms with van der Waals surface area (Å²) in [5.74, 6) is 1.44. The number of rotatable bonds is 7. The molecule has 0 bridgehead atoms. The molecule has 1 fully saturated rings. The lowest BCUT2D eigenvalue weighted by molar-refractivity contribution is 0.0254. The van der Waals surface area contributed by atoms with E-state index in [9.17, 15) is 5.26 Å². The topological polar surface area (TPSA) is 148 Å². The Balaban J connectivity index is 1.65. The molecule has 1 saturated heterocycles. The molecule has 1 atom stereocenters. The van der Waals surface area contributed by atoms with E-state index in [1.165, 1.54) is 6.20 Å². The Morgan fingerprint density at radius 2 is 2.09 bits per heavy atom. The molecule has 0 radical (unpaired) electrons. The van der Waals surface area contributed by atoms with Crippen molar-refractivity contribution in [2.75, 3.05) is 31.2 Å². The van der Waals surface area contributed by atoms with Gasteiger partial charge in [-0.25, -0.2) is 4.98 Å². The third-order valence-corrected chi connectivity index (χ3v) is 5.45. The molecule has 9 nitrogen and oxygen atoms in total. The van der Waals surface area contributed by atoms with Gasteiger partial charge in [-0.1, -0.05) is 13.0 Å². The summed E-state index contributed by atoms with van der Waals surface area (Å²) in [4.78, 5) is 11.6. The van der Waals surface area contributed by atoms with E-state index in [4.69, 9.17) is 20.9 Å². The summed E-state index contributed by atoms with van der Waals surface area (Å²) in [5.41, 5.74) is 15.7. The Kier molecular flexibility index (Phi) is 6.54. The largest absolute Gasteiger partial charge is 0.489 e. The van der Waals surface area contributed by atoms with Crippen LogP contribution in [0.1, 0.15) is 42.5 Å². The SMILES string of the molecule is CCNC(c1ccc(OC2CCOCC2)c(C#N)c1)c1cc(-c2cncc(N)n2)[nH]c1N. The molecule has 9 heteroatoms. The summed E-state index contributed by atoms with van der Waals surface area (Å²) in [6.07, 6.45) is 4.83. The standard InChI is InChI=1S/C23H27N7O2/c1-2-28-22(17-10-18(30-23(17)26)19-12-27-13-21(25)29-19)14-3-4-20(15(9-14)11-24)32-16-5-7-31-8-6-16/h3-4,9-10,12-13,16,22,28,30H,2,5-8,26H2,1H3,(H2,25,29). The number of nitrogens with zero attached hydrogens (tertiary/aromatic N) is 3. The number of hydrogen-bond donors (Lipinski definition) is 4. The van der Waals surface area contributed by atoms with Gasteiger partial charge in [-0.3, -0.25) is 4.98 Å². The fourth-order valence-corrected chi connectivity index (χ4v) is 3.88. The third-order valence-electron chi connectivity index (χ3n) is 5.45. The van der Waals surface area contributed by atoms with E-state index in [-0.39, 0.29) is 12.1 Å². The molecule has 1 unspecified atom stereocenters. The Labute approximate surface area is 186 Å². The molecule has 1 aliphatic heterocycles. The Hall–Kier alpha value is -3.61. The van der Waals surface area contributed by atoms with E-state index in [2.05, 4.69) is 26.3 Å². The van der Waals surface area contributed by atoms with E-state index in [0.29, 0.717) is 48.4 Å². The molecule has 2 aromatic heterocycles. The lowest BCUT2D eigenvalue weighted by Crippen LogP contribution is -2.26. The number of nitrogens with one attached hydrogen (secondary N) is 2. The minimum Gasteiger partial charge on any atom is -0.489 e. The Bertz CT molecular complexity index is 1120. The lowest BCUT2D eigenvalue weighted by Gasteiger charge is -2.24. The lowest BCUT2D eigenvalue weighted by atomic mass is 9.97. The highest BCUT2D eigenvalue weighted by Gasteiger charge is 2.22. The molecule has 0 spiro atoms. The van der Waals surface area contributed by atoms with Gasteiger partial charge < -0.3 is 31.2 Å². The van der Waals surface area contributed by atoms with Crippen molar-refractivity contribution in [3.8, 4) is 23.2 Å². The van der Waals surface area contributed by atoms with Gasteiger partial charge in [-0.2, -0.15) is 5.26 Å². The monoisotopic (exact) mass is 433 g/mol. The Morgan fingerprint density at radius 3 is 2.81 bits per heavy atom. The highest BCUT2D eigenvalue weighted by molar-refractivity contribution is 5.64. The number of aromatic amines is 1. The van der Waals surface area contributed by atoms with Crippen LogP contribution in [0.4, 0.5) is 11.6 Å². The van der Waals surface area contributed by atoms with Crippen LogP contribution in [-0.2, 0) is 4.74 Å². The number of nitriles is 1. The summed E-state index contributed by atoms with van der Waals surface area (Å²) < 4.78 is 11.5. The number of H-pyrrole nitrogens is 1. The molecule has 6 N–H and O–H groups in total. The maximum absolute atomic E-state index is 9.75. The quantitative estimate of drug-likeness (QED) is 0.444. The zero-order valence-electron chi connectivity index (χ0n) is 18.0. The van der Waals surface area contributed by atoms with Gasteiger partial charge in [0.2, 0.25) is 0 Å². The van der Waals surface area contributed by atoms with E-state index in [1.54, 1.807) is 6.20 Å². The molecule has 4 rings (SSSR count). The second-order valence-corrected chi connectivity index (χ2v) is 7.67. The molecule has 3 heterocycles. The van der Waals surface area contributed by atoms with Crippen molar-refractivity contribution in [3.05, 3.63) is 53.3 Å². The van der Waals surface area contributed by atoms with Gasteiger partial charge in [0.25, 0.3) is 0 Å². The molecule has 166 valence electrons. The van der Waals surface area contributed by atoms with Crippen LogP contribution in [0.2, 0.25) is 0 Å². The summed E-state index contributed by atoms with van der Waals surface area (Å²) in [7, 11) is 0. The van der Waals surface area contributed by atoms with Gasteiger partial charge in [0.15, 0.2) is 0 Å². The first kappa shape index (κ1) is 21.6. The maximum Gasteiger partial charge on any atom is 0.142 e. The van der Waals surface area contributed by atoms with Gasteiger partial charge in [0.1, 0.15) is 35.3 Å². The smallest absolute Gasteiger partial charge is 0.142 e. The average molecular weight is 434 g/mol. The first-order chi connectivity index (χ1) is 15.6. The van der Waals surface area contributed by atoms with Crippen LogP contribution in [0.15, 0.2) is 36.7 Å². The van der Waals surface area contributed by atoms with Gasteiger partial charge in [-0.15, -0.1) is 0 Å². The fourth-order valence-electron chi connectivity index (χ4n) is 3.88. The predicted molar refractivity (Wildman–Crippen MR) is 122 cm³/mol. The summed E-state index contributed by atoms with van der Waals surface area (Å²) in [6, 6.07) is 9.67. The van der Waals surface area contributed by atoms with Crippen molar-refractivity contribution >= 4 is 11.6 Å². The number of benzene rings is 1. The van der Waals surface area contributed by atoms with Crippen molar-refractivity contribution in [3.63, 3.8) is 0 Å². The molecule has 0 aliphatic carbocycles. The highest BCUT2D eigenvalue weighted by atomic mass is 16.5. The number of nitrogen functional groups attached to an aromatic ring is 2. The zero-order valence-corrected chi connectivity index (χ0v) is 18.0. The van der Waals surface area contributed by atoms with Crippen LogP contribution in [0.5, 0.6) is 5.75 Å². The molecule has 1 aliphatic rings. The molecule has 1 aromatic carbocycles. The van der Waals surface area contributed by atoms with E-state index in [1.807, 2.05) is 31.2 Å². The van der Waals surface area contributed by atoms with Crippen molar-refractivity contribution < 1.29 is 9.47 Å². The average Bonchev–Trinajstić information content (AvgIpc) is 3.20. The van der Waals surface area contributed by atoms with E-state index < -0.39 is 0 Å². The number of nitrogens with two attached hydrogens (primary N) is 2. The minimum absolute atomic E-state index is 0.0635. The van der Waals surface area contributed by atoms with Crippen LogP contribution in [-0.4, -0.2) is 40.8 Å². The number of aromatic nitrogens is 3. The number of anilines is 2. The molecular formula is C23H27N7O2. The summed E-state index contributed by atoms with van der Waals surface area (Å²) in [5, 5.41) is 13.2. The van der Waals surface area contributed by atoms with Gasteiger partial charge in [0, 0.05) is 18.4 Å². The first-order valence-corrected chi connectivity index (χ1v) is 10.7. The first-order valence-electron chi connectivity index (χ1n) is 10.7. The van der Waals surface area contributed by atoms with Gasteiger partial charge in [0.05, 0.1) is 42.9 Å². The maximum atomic E-state index is 9.75. The van der Waals surface area contributed by atoms with Crippen LogP contribution in [0, 0.1) is 11.3 Å². The van der Waals surface area contributed by atoms with Crippen molar-refractivity contribution in [1.29, 1.82) is 5.26 Å². The zero-order chi connectivity index (χ0) is 22.5. The van der Waals surface area contributed by atoms with Crippen LogP contribution in [0.25, 0.3) is 11.4 Å². The Morgan fingerprint density at radius 1 is 1.28 bits per heavy atom. The van der Waals surface area contributed by atoms with Crippen molar-refractivity contribution in [1.82, 2.24) is 20.3 Å². The molecular weight excluding hydrogens is 406 g/mol. The number of ether oxygens (including phenoxy) is 2. The van der Waals surface area contributed by atoms with E-state index >= 15 is 0 Å². The molecule has 32 heavy (non-hydrogen) atoms. The van der Waals surface area contributed by atoms with Crippen molar-refractivity contribution in [2.45, 2.75) is 31.9 Å². The number of hydrogen-bond acceptors (Lipinski definition) is 8. The summed E-state index contributed by atoms with van der Waals surface area (Å²) >= 11 is 0. The minimum atomic E-state index is -0.219. The van der Waals surface area contributed by atoms with Crippen molar-refractivity contribution in [2.24, 2.45) is 0 Å². The predicted octanol–water partition coefficient (Wildman–Crippen LogP) is 2.76. The van der Waals surface area contributed by atoms with Crippen LogP contribution >= 0.6 is 0 Å².